The number of halogens is 3. The molecule has 6 heteroatoms. The summed E-state index contributed by atoms with van der Waals surface area (Å²) in [6.07, 6.45) is 0. The number of nitrogens with two attached hydrogens (primary N) is 1. The van der Waals surface area contributed by atoms with E-state index in [1.165, 1.54) is 6.07 Å². The quantitative estimate of drug-likeness (QED) is 0.655. The Labute approximate surface area is 113 Å². The molecule has 0 saturated carbocycles. The maximum Gasteiger partial charge on any atom is 0.257 e. The first kappa shape index (κ1) is 13.9. The van der Waals surface area contributed by atoms with Gasteiger partial charge in [-0.25, -0.2) is 13.2 Å². The lowest BCUT2D eigenvalue weighted by Crippen LogP contribution is -2.15. The van der Waals surface area contributed by atoms with E-state index in [2.05, 4.69) is 5.32 Å². The molecule has 0 atom stereocenters. The molecule has 0 aliphatic heterocycles. The van der Waals surface area contributed by atoms with Crippen molar-refractivity contribution in [2.24, 2.45) is 0 Å². The van der Waals surface area contributed by atoms with E-state index in [4.69, 9.17) is 5.73 Å². The number of carbonyl (C=O) groups is 1. The Kier molecular flexibility index (Phi) is 3.65. The third-order valence-electron chi connectivity index (χ3n) is 2.74. The summed E-state index contributed by atoms with van der Waals surface area (Å²) in [4.78, 5) is 11.9. The minimum Gasteiger partial charge on any atom is -0.398 e. The van der Waals surface area contributed by atoms with Crippen molar-refractivity contribution in [2.45, 2.75) is 6.92 Å². The van der Waals surface area contributed by atoms with Crippen molar-refractivity contribution in [3.8, 4) is 0 Å². The summed E-state index contributed by atoms with van der Waals surface area (Å²) in [7, 11) is 0. The van der Waals surface area contributed by atoms with Crippen molar-refractivity contribution in [1.82, 2.24) is 0 Å². The molecule has 0 saturated heterocycles. The third-order valence-corrected chi connectivity index (χ3v) is 2.74. The predicted molar refractivity (Wildman–Crippen MR) is 69.9 cm³/mol. The van der Waals surface area contributed by atoms with Crippen LogP contribution < -0.4 is 11.1 Å². The Morgan fingerprint density at radius 1 is 1.10 bits per heavy atom. The van der Waals surface area contributed by atoms with Crippen LogP contribution in [0.1, 0.15) is 15.9 Å². The standard InChI is InChI=1S/C14H11F3N2O/c1-7-2-3-8(10(18)6-7)14(20)19-11-5-4-9(15)12(16)13(11)17/h2-6H,18H2,1H3,(H,19,20). The molecule has 3 nitrogen and oxygen atoms in total. The number of carbonyl (C=O) groups excluding carboxylic acids is 1. The van der Waals surface area contributed by atoms with Crippen LogP contribution in [-0.4, -0.2) is 5.91 Å². The number of anilines is 2. The van der Waals surface area contributed by atoms with E-state index < -0.39 is 29.0 Å². The molecule has 0 bridgehead atoms. The highest BCUT2D eigenvalue weighted by Crippen LogP contribution is 2.21. The van der Waals surface area contributed by atoms with E-state index in [0.717, 1.165) is 17.7 Å². The van der Waals surface area contributed by atoms with E-state index >= 15 is 0 Å². The van der Waals surface area contributed by atoms with Gasteiger partial charge >= 0.3 is 0 Å². The minimum absolute atomic E-state index is 0.125. The molecule has 2 aromatic carbocycles. The molecule has 2 aromatic rings. The Morgan fingerprint density at radius 3 is 2.45 bits per heavy atom. The Hall–Kier alpha value is -2.50. The Balaban J connectivity index is 2.30. The Morgan fingerprint density at radius 2 is 1.80 bits per heavy atom. The second-order valence-electron chi connectivity index (χ2n) is 4.27. The molecule has 0 aliphatic rings. The topological polar surface area (TPSA) is 55.1 Å². The summed E-state index contributed by atoms with van der Waals surface area (Å²) in [5, 5.41) is 2.15. The van der Waals surface area contributed by atoms with Crippen molar-refractivity contribution in [1.29, 1.82) is 0 Å². The van der Waals surface area contributed by atoms with Crippen molar-refractivity contribution in [3.05, 3.63) is 58.9 Å². The van der Waals surface area contributed by atoms with Gasteiger partial charge in [0.2, 0.25) is 0 Å². The molecule has 104 valence electrons. The van der Waals surface area contributed by atoms with Crippen LogP contribution in [0.3, 0.4) is 0 Å². The van der Waals surface area contributed by atoms with Gasteiger partial charge in [-0.3, -0.25) is 4.79 Å². The van der Waals surface area contributed by atoms with Gasteiger partial charge in [0.25, 0.3) is 5.91 Å². The fraction of sp³-hybridized carbons (Fsp3) is 0.0714. The van der Waals surface area contributed by atoms with Crippen molar-refractivity contribution >= 4 is 17.3 Å². The number of nitrogens with one attached hydrogen (secondary N) is 1. The number of benzene rings is 2. The summed E-state index contributed by atoms with van der Waals surface area (Å²) in [5.41, 5.74) is 6.43. The molecule has 0 spiro atoms. The second-order valence-corrected chi connectivity index (χ2v) is 4.27. The normalized spacial score (nSPS) is 10.4. The molecule has 2 rings (SSSR count). The minimum atomic E-state index is -1.64. The van der Waals surface area contributed by atoms with E-state index in [9.17, 15) is 18.0 Å². The summed E-state index contributed by atoms with van der Waals surface area (Å²) in [6.45, 7) is 1.80. The Bertz CT molecular complexity index is 686. The zero-order valence-corrected chi connectivity index (χ0v) is 10.5. The van der Waals surface area contributed by atoms with Gasteiger partial charge in [0.05, 0.1) is 11.3 Å². The monoisotopic (exact) mass is 280 g/mol. The largest absolute Gasteiger partial charge is 0.398 e. The summed E-state index contributed by atoms with van der Waals surface area (Å²) < 4.78 is 39.3. The zero-order chi connectivity index (χ0) is 14.9. The lowest BCUT2D eigenvalue weighted by atomic mass is 10.1. The lowest BCUT2D eigenvalue weighted by Gasteiger charge is -2.09. The van der Waals surface area contributed by atoms with Crippen LogP contribution >= 0.6 is 0 Å². The van der Waals surface area contributed by atoms with Gasteiger partial charge < -0.3 is 11.1 Å². The zero-order valence-electron chi connectivity index (χ0n) is 10.5. The van der Waals surface area contributed by atoms with Crippen LogP contribution in [0, 0.1) is 24.4 Å². The molecule has 0 unspecified atom stereocenters. The van der Waals surface area contributed by atoms with Crippen molar-refractivity contribution in [2.75, 3.05) is 11.1 Å². The molecule has 0 radical (unpaired) electrons. The first-order valence-electron chi connectivity index (χ1n) is 5.71. The van der Waals surface area contributed by atoms with Gasteiger partial charge in [-0.2, -0.15) is 0 Å². The van der Waals surface area contributed by atoms with Crippen LogP contribution in [-0.2, 0) is 0 Å². The van der Waals surface area contributed by atoms with Crippen LogP contribution in [0.5, 0.6) is 0 Å². The maximum atomic E-state index is 13.4. The van der Waals surface area contributed by atoms with Crippen molar-refractivity contribution < 1.29 is 18.0 Å². The maximum absolute atomic E-state index is 13.4. The summed E-state index contributed by atoms with van der Waals surface area (Å²) in [5.74, 6) is -5.12. The van der Waals surface area contributed by atoms with Crippen LogP contribution in [0.25, 0.3) is 0 Å². The van der Waals surface area contributed by atoms with Gasteiger partial charge in [0.1, 0.15) is 0 Å². The number of hydrogen-bond acceptors (Lipinski definition) is 2. The molecule has 20 heavy (non-hydrogen) atoms. The first-order valence-corrected chi connectivity index (χ1v) is 5.71. The summed E-state index contributed by atoms with van der Waals surface area (Å²) in [6, 6.07) is 6.38. The first-order chi connectivity index (χ1) is 9.40. The molecule has 0 heterocycles. The highest BCUT2D eigenvalue weighted by Gasteiger charge is 2.17. The number of hydrogen-bond donors (Lipinski definition) is 2. The van der Waals surface area contributed by atoms with Gasteiger partial charge in [0, 0.05) is 5.69 Å². The molecule has 0 aromatic heterocycles. The van der Waals surface area contributed by atoms with Gasteiger partial charge in [-0.05, 0) is 36.8 Å². The van der Waals surface area contributed by atoms with E-state index in [0.29, 0.717) is 0 Å². The average molecular weight is 280 g/mol. The second kappa shape index (κ2) is 5.24. The number of rotatable bonds is 2. The van der Waals surface area contributed by atoms with E-state index in [1.807, 2.05) is 0 Å². The molecule has 3 N–H and O–H groups in total. The van der Waals surface area contributed by atoms with Crippen molar-refractivity contribution in [3.63, 3.8) is 0 Å². The molecular formula is C14H11F3N2O. The summed E-state index contributed by atoms with van der Waals surface area (Å²) >= 11 is 0. The van der Waals surface area contributed by atoms with Crippen LogP contribution in [0.15, 0.2) is 30.3 Å². The number of amides is 1. The molecular weight excluding hydrogens is 269 g/mol. The average Bonchev–Trinajstić information content (AvgIpc) is 2.39. The highest BCUT2D eigenvalue weighted by atomic mass is 19.2. The van der Waals surface area contributed by atoms with E-state index in [-0.39, 0.29) is 11.3 Å². The fourth-order valence-electron chi connectivity index (χ4n) is 1.70. The molecule has 1 amide bonds. The third kappa shape index (κ3) is 2.59. The fourth-order valence-corrected chi connectivity index (χ4v) is 1.70. The SMILES string of the molecule is Cc1ccc(C(=O)Nc2ccc(F)c(F)c2F)c(N)c1. The van der Waals surface area contributed by atoms with Gasteiger partial charge in [-0.1, -0.05) is 6.07 Å². The molecule has 0 aliphatic carbocycles. The highest BCUT2D eigenvalue weighted by molar-refractivity contribution is 6.07. The molecule has 0 fully saturated rings. The predicted octanol–water partition coefficient (Wildman–Crippen LogP) is 3.25. The van der Waals surface area contributed by atoms with Crippen LogP contribution in [0.4, 0.5) is 24.5 Å². The van der Waals surface area contributed by atoms with Gasteiger partial charge in [-0.15, -0.1) is 0 Å². The number of nitrogen functional groups attached to an aromatic ring is 1. The lowest BCUT2D eigenvalue weighted by molar-refractivity contribution is 0.102. The van der Waals surface area contributed by atoms with E-state index in [1.54, 1.807) is 19.1 Å². The van der Waals surface area contributed by atoms with Gasteiger partial charge in [0.15, 0.2) is 17.5 Å². The number of aryl methyl sites for hydroxylation is 1. The smallest absolute Gasteiger partial charge is 0.257 e. The van der Waals surface area contributed by atoms with Crippen LogP contribution in [0.2, 0.25) is 0 Å².